The van der Waals surface area contributed by atoms with Crippen molar-refractivity contribution < 1.29 is 9.72 Å². The minimum atomic E-state index is -0.654. The molecule has 0 fully saturated rings. The van der Waals surface area contributed by atoms with E-state index in [-0.39, 0.29) is 22.1 Å². The Bertz CT molecular complexity index is 555. The number of nitro groups is 1. The molecule has 0 unspecified atom stereocenters. The first-order valence-corrected chi connectivity index (χ1v) is 5.17. The van der Waals surface area contributed by atoms with Gasteiger partial charge in [-0.3, -0.25) is 19.9 Å². The Hall–Kier alpha value is -2.21. The minimum Gasteiger partial charge on any atom is -0.319 e. The molecule has 0 aliphatic heterocycles. The summed E-state index contributed by atoms with van der Waals surface area (Å²) in [4.78, 5) is 25.0. The van der Waals surface area contributed by atoms with E-state index in [9.17, 15) is 14.9 Å². The van der Waals surface area contributed by atoms with Gasteiger partial charge in [0.15, 0.2) is 0 Å². The van der Waals surface area contributed by atoms with Gasteiger partial charge in [-0.2, -0.15) is 0 Å². The highest BCUT2D eigenvalue weighted by molar-refractivity contribution is 6.33. The Morgan fingerprint density at radius 3 is 2.67 bits per heavy atom. The number of benzene rings is 1. The van der Waals surface area contributed by atoms with Crippen LogP contribution >= 0.6 is 11.6 Å². The van der Waals surface area contributed by atoms with Crippen LogP contribution in [-0.2, 0) is 4.79 Å². The summed E-state index contributed by atoms with van der Waals surface area (Å²) in [5.74, 6) is -0.458. The zero-order valence-electron chi connectivity index (χ0n) is 9.57. The van der Waals surface area contributed by atoms with Gasteiger partial charge in [-0.05, 0) is 6.72 Å². The van der Waals surface area contributed by atoms with E-state index in [1.807, 2.05) is 0 Å². The lowest BCUT2D eigenvalue weighted by Crippen LogP contribution is -2.09. The third-order valence-corrected chi connectivity index (χ3v) is 2.44. The van der Waals surface area contributed by atoms with Crippen LogP contribution in [0.1, 0.15) is 12.5 Å². The monoisotopic (exact) mass is 267 g/mol. The molecule has 1 amide bonds. The largest absolute Gasteiger partial charge is 0.319 e. The quantitative estimate of drug-likeness (QED) is 0.516. The van der Waals surface area contributed by atoms with Crippen molar-refractivity contribution >= 4 is 47.4 Å². The number of carbonyl (C=O) groups is 1. The summed E-state index contributed by atoms with van der Waals surface area (Å²) < 4.78 is 0. The number of aliphatic imine (C=N–C) groups is 1. The number of nitrogens with zero attached hydrogens (tertiary/aromatic N) is 2. The molecule has 0 radical (unpaired) electrons. The van der Waals surface area contributed by atoms with Crippen molar-refractivity contribution in [2.75, 3.05) is 5.32 Å². The minimum absolute atomic E-state index is 0.0400. The first-order chi connectivity index (χ1) is 8.42. The number of rotatable bonds is 4. The molecule has 1 rings (SSSR count). The number of nitro benzene ring substituents is 1. The zero-order chi connectivity index (χ0) is 13.9. The van der Waals surface area contributed by atoms with Crippen molar-refractivity contribution in [2.24, 2.45) is 4.99 Å². The van der Waals surface area contributed by atoms with Crippen LogP contribution in [0, 0.1) is 10.1 Å². The molecule has 0 saturated heterocycles. The van der Waals surface area contributed by atoms with Crippen LogP contribution in [0.25, 0.3) is 6.08 Å². The van der Waals surface area contributed by atoms with Gasteiger partial charge in [0.25, 0.3) is 5.69 Å². The highest BCUT2D eigenvalue weighted by Crippen LogP contribution is 2.42. The van der Waals surface area contributed by atoms with Gasteiger partial charge in [-0.1, -0.05) is 24.3 Å². The van der Waals surface area contributed by atoms with Crippen LogP contribution in [0.2, 0.25) is 5.02 Å². The van der Waals surface area contributed by atoms with E-state index in [2.05, 4.69) is 23.6 Å². The summed E-state index contributed by atoms with van der Waals surface area (Å²) in [6, 6.07) is 1.14. The summed E-state index contributed by atoms with van der Waals surface area (Å²) in [5.41, 5.74) is 0.116. The van der Waals surface area contributed by atoms with Gasteiger partial charge in [0.05, 0.1) is 9.95 Å². The number of carbonyl (C=O) groups excluding carboxylic acids is 1. The molecule has 18 heavy (non-hydrogen) atoms. The molecule has 0 spiro atoms. The van der Waals surface area contributed by atoms with Crippen LogP contribution < -0.4 is 5.32 Å². The maximum Gasteiger partial charge on any atom is 0.296 e. The first kappa shape index (κ1) is 13.9. The molecule has 94 valence electrons. The normalized spacial score (nSPS) is 9.67. The number of amides is 1. The van der Waals surface area contributed by atoms with Crippen LogP contribution in [0.4, 0.5) is 17.1 Å². The summed E-state index contributed by atoms with van der Waals surface area (Å²) in [7, 11) is 0. The van der Waals surface area contributed by atoms with Gasteiger partial charge in [0.2, 0.25) is 5.91 Å². The highest BCUT2D eigenvalue weighted by Gasteiger charge is 2.23. The van der Waals surface area contributed by atoms with Gasteiger partial charge in [0, 0.05) is 18.6 Å². The SMILES string of the molecule is C=Cc1c(Cl)cc([N+](=O)[O-])c(NC(C)=O)c1N=C. The van der Waals surface area contributed by atoms with Gasteiger partial charge in [-0.25, -0.2) is 0 Å². The van der Waals surface area contributed by atoms with E-state index in [0.717, 1.165) is 6.07 Å². The zero-order valence-corrected chi connectivity index (χ0v) is 10.3. The molecule has 0 aliphatic carbocycles. The van der Waals surface area contributed by atoms with E-state index in [0.29, 0.717) is 5.56 Å². The molecular formula is C11H10ClN3O3. The number of halogens is 1. The lowest BCUT2D eigenvalue weighted by atomic mass is 10.1. The van der Waals surface area contributed by atoms with Crippen LogP contribution in [-0.4, -0.2) is 17.5 Å². The average Bonchev–Trinajstić information content (AvgIpc) is 2.29. The Kier molecular flexibility index (Phi) is 4.17. The van der Waals surface area contributed by atoms with Gasteiger partial charge >= 0.3 is 0 Å². The number of anilines is 1. The summed E-state index contributed by atoms with van der Waals surface area (Å²) in [6.07, 6.45) is 1.39. The molecule has 0 saturated carbocycles. The van der Waals surface area contributed by atoms with Crippen molar-refractivity contribution in [1.82, 2.24) is 0 Å². The Labute approximate surface area is 108 Å². The van der Waals surface area contributed by atoms with Crippen molar-refractivity contribution in [1.29, 1.82) is 0 Å². The number of hydrogen-bond donors (Lipinski definition) is 1. The maximum atomic E-state index is 11.1. The third-order valence-electron chi connectivity index (χ3n) is 2.13. The standard InChI is InChI=1S/C11H10ClN3O3/c1-4-7-8(12)5-9(15(17)18)11(10(7)13-3)14-6(2)16/h4-5H,1,3H2,2H3,(H,14,16). The van der Waals surface area contributed by atoms with Crippen molar-refractivity contribution in [3.63, 3.8) is 0 Å². The Morgan fingerprint density at radius 1 is 1.67 bits per heavy atom. The van der Waals surface area contributed by atoms with E-state index in [4.69, 9.17) is 11.6 Å². The summed E-state index contributed by atoms with van der Waals surface area (Å²) in [5, 5.41) is 13.4. The van der Waals surface area contributed by atoms with E-state index in [1.54, 1.807) is 0 Å². The Morgan fingerprint density at radius 2 is 2.28 bits per heavy atom. The lowest BCUT2D eigenvalue weighted by molar-refractivity contribution is -0.383. The van der Waals surface area contributed by atoms with Gasteiger partial charge < -0.3 is 5.32 Å². The Balaban J connectivity index is 3.69. The van der Waals surface area contributed by atoms with E-state index >= 15 is 0 Å². The summed E-state index contributed by atoms with van der Waals surface area (Å²) >= 11 is 5.89. The molecule has 0 heterocycles. The molecule has 1 aromatic rings. The average molecular weight is 268 g/mol. The fourth-order valence-electron chi connectivity index (χ4n) is 1.44. The van der Waals surface area contributed by atoms with Crippen LogP contribution in [0.15, 0.2) is 17.6 Å². The molecule has 0 atom stereocenters. The number of nitrogens with one attached hydrogen (secondary N) is 1. The highest BCUT2D eigenvalue weighted by atomic mass is 35.5. The maximum absolute atomic E-state index is 11.1. The molecule has 0 aromatic heterocycles. The van der Waals surface area contributed by atoms with E-state index < -0.39 is 10.8 Å². The fraction of sp³-hybridized carbons (Fsp3) is 0.0909. The predicted molar refractivity (Wildman–Crippen MR) is 71.7 cm³/mol. The van der Waals surface area contributed by atoms with Crippen LogP contribution in [0.3, 0.4) is 0 Å². The molecule has 0 bridgehead atoms. The van der Waals surface area contributed by atoms with E-state index in [1.165, 1.54) is 13.0 Å². The molecule has 1 aromatic carbocycles. The smallest absolute Gasteiger partial charge is 0.296 e. The second-order valence-electron chi connectivity index (χ2n) is 3.32. The second-order valence-corrected chi connectivity index (χ2v) is 3.72. The molecule has 7 heteroatoms. The third kappa shape index (κ3) is 2.54. The molecule has 1 N–H and O–H groups in total. The molecule has 6 nitrogen and oxygen atoms in total. The van der Waals surface area contributed by atoms with Gasteiger partial charge in [-0.15, -0.1) is 0 Å². The molecule has 0 aliphatic rings. The van der Waals surface area contributed by atoms with Crippen molar-refractivity contribution in [3.05, 3.63) is 33.3 Å². The van der Waals surface area contributed by atoms with Crippen molar-refractivity contribution in [3.8, 4) is 0 Å². The van der Waals surface area contributed by atoms with Crippen molar-refractivity contribution in [2.45, 2.75) is 6.92 Å². The lowest BCUT2D eigenvalue weighted by Gasteiger charge is -2.11. The first-order valence-electron chi connectivity index (χ1n) is 4.80. The topological polar surface area (TPSA) is 84.6 Å². The summed E-state index contributed by atoms with van der Waals surface area (Å²) in [6.45, 7) is 8.09. The van der Waals surface area contributed by atoms with Crippen LogP contribution in [0.5, 0.6) is 0 Å². The number of hydrogen-bond acceptors (Lipinski definition) is 4. The molecular weight excluding hydrogens is 258 g/mol. The predicted octanol–water partition coefficient (Wildman–Crippen LogP) is 3.18. The fourth-order valence-corrected chi connectivity index (χ4v) is 1.71. The van der Waals surface area contributed by atoms with Gasteiger partial charge in [0.1, 0.15) is 11.4 Å². The second kappa shape index (κ2) is 5.42.